The van der Waals surface area contributed by atoms with Crippen molar-refractivity contribution >= 4 is 57.6 Å². The van der Waals surface area contributed by atoms with Crippen LogP contribution >= 0.6 is 11.8 Å². The first kappa shape index (κ1) is 22.2. The van der Waals surface area contributed by atoms with Gasteiger partial charge in [-0.05, 0) is 23.6 Å². The zero-order chi connectivity index (χ0) is 23.5. The van der Waals surface area contributed by atoms with E-state index in [9.17, 15) is 29.3 Å². The largest absolute Gasteiger partial charge is 0.457 e. The van der Waals surface area contributed by atoms with Gasteiger partial charge in [-0.1, -0.05) is 18.2 Å². The van der Waals surface area contributed by atoms with Gasteiger partial charge in [0.2, 0.25) is 17.6 Å². The minimum absolute atomic E-state index is 0.0494. The highest BCUT2D eigenvalue weighted by atomic mass is 32.2. The predicted octanol–water partition coefficient (Wildman–Crippen LogP) is 2.87. The second kappa shape index (κ2) is 9.25. The van der Waals surface area contributed by atoms with Crippen molar-refractivity contribution < 1.29 is 28.8 Å². The minimum atomic E-state index is -0.739. The van der Waals surface area contributed by atoms with Crippen LogP contribution < -0.4 is 4.90 Å². The Bertz CT molecular complexity index is 1290. The number of benzene rings is 2. The molecule has 11 heteroatoms. The third-order valence-electron chi connectivity index (χ3n) is 5.05. The summed E-state index contributed by atoms with van der Waals surface area (Å²) >= 11 is 0.967. The first-order chi connectivity index (χ1) is 15.8. The number of amides is 2. The van der Waals surface area contributed by atoms with Gasteiger partial charge in [-0.25, -0.2) is 4.90 Å². The van der Waals surface area contributed by atoms with Crippen molar-refractivity contribution in [3.05, 3.63) is 70.4 Å². The van der Waals surface area contributed by atoms with E-state index in [4.69, 9.17) is 4.74 Å². The highest BCUT2D eigenvalue weighted by molar-refractivity contribution is 8.01. The monoisotopic (exact) mass is 467 g/mol. The lowest BCUT2D eigenvalue weighted by molar-refractivity contribution is -0.384. The number of nitro benzene ring substituents is 1. The lowest BCUT2D eigenvalue weighted by Gasteiger charge is -2.15. The SMILES string of the molecule is O=C(CSC1CC(=O)N(c2ccc3cc[nH]c3c2)C1=O)OCC(=O)c1cccc([N+](=O)[O-])c1. The maximum Gasteiger partial charge on any atom is 0.316 e. The summed E-state index contributed by atoms with van der Waals surface area (Å²) in [7, 11) is 0. The third-order valence-corrected chi connectivity index (χ3v) is 6.22. The number of carbonyl (C=O) groups is 4. The summed E-state index contributed by atoms with van der Waals surface area (Å²) in [6, 6.07) is 12.2. The first-order valence-electron chi connectivity index (χ1n) is 9.82. The zero-order valence-electron chi connectivity index (χ0n) is 17.1. The average Bonchev–Trinajstić information content (AvgIpc) is 3.38. The van der Waals surface area contributed by atoms with Crippen LogP contribution in [0.15, 0.2) is 54.7 Å². The number of ketones is 1. The summed E-state index contributed by atoms with van der Waals surface area (Å²) in [6.07, 6.45) is 1.71. The van der Waals surface area contributed by atoms with Gasteiger partial charge in [0.1, 0.15) is 0 Å². The first-order valence-corrected chi connectivity index (χ1v) is 10.9. The number of nitro groups is 1. The Morgan fingerprint density at radius 2 is 2.00 bits per heavy atom. The van der Waals surface area contributed by atoms with Crippen molar-refractivity contribution in [1.29, 1.82) is 0 Å². The van der Waals surface area contributed by atoms with Gasteiger partial charge in [-0.15, -0.1) is 11.8 Å². The molecule has 0 bridgehead atoms. The van der Waals surface area contributed by atoms with Gasteiger partial charge >= 0.3 is 5.97 Å². The van der Waals surface area contributed by atoms with E-state index in [-0.39, 0.29) is 29.3 Å². The van der Waals surface area contributed by atoms with E-state index in [0.29, 0.717) is 5.69 Å². The molecule has 1 N–H and O–H groups in total. The van der Waals surface area contributed by atoms with Crippen molar-refractivity contribution in [2.24, 2.45) is 0 Å². The van der Waals surface area contributed by atoms with Crippen LogP contribution in [0.5, 0.6) is 0 Å². The van der Waals surface area contributed by atoms with Crippen molar-refractivity contribution in [1.82, 2.24) is 4.98 Å². The van der Waals surface area contributed by atoms with Gasteiger partial charge in [0, 0.05) is 35.8 Å². The summed E-state index contributed by atoms with van der Waals surface area (Å²) in [5.41, 5.74) is 1.05. The number of rotatable bonds is 8. The number of thioether (sulfide) groups is 1. The molecule has 1 saturated heterocycles. The molecule has 2 amide bonds. The number of nitrogens with one attached hydrogen (secondary N) is 1. The van der Waals surface area contributed by atoms with Gasteiger partial charge in [0.15, 0.2) is 6.61 Å². The van der Waals surface area contributed by atoms with E-state index in [1.165, 1.54) is 18.2 Å². The Hall–Kier alpha value is -3.99. The fraction of sp³-hybridized carbons (Fsp3) is 0.182. The maximum atomic E-state index is 12.8. The summed E-state index contributed by atoms with van der Waals surface area (Å²) in [5, 5.41) is 11.0. The number of H-pyrrole nitrogens is 1. The van der Waals surface area contributed by atoms with Crippen LogP contribution in [0, 0.1) is 10.1 Å². The summed E-state index contributed by atoms with van der Waals surface area (Å²) < 4.78 is 4.94. The van der Waals surface area contributed by atoms with Gasteiger partial charge in [0.25, 0.3) is 5.69 Å². The molecule has 2 aromatic carbocycles. The Morgan fingerprint density at radius 3 is 2.79 bits per heavy atom. The molecule has 33 heavy (non-hydrogen) atoms. The molecule has 0 aliphatic carbocycles. The van der Waals surface area contributed by atoms with Crippen LogP contribution in [-0.2, 0) is 19.1 Å². The number of nitrogens with zero attached hydrogens (tertiary/aromatic N) is 2. The molecule has 0 radical (unpaired) electrons. The molecular weight excluding hydrogens is 450 g/mol. The van der Waals surface area contributed by atoms with Crippen LogP contribution in [0.25, 0.3) is 10.9 Å². The van der Waals surface area contributed by atoms with Crippen molar-refractivity contribution in [3.8, 4) is 0 Å². The Balaban J connectivity index is 1.30. The Labute approximate surface area is 191 Å². The number of non-ortho nitro benzene ring substituents is 1. The Kier molecular flexibility index (Phi) is 6.22. The molecule has 0 saturated carbocycles. The van der Waals surface area contributed by atoms with E-state index in [1.54, 1.807) is 24.4 Å². The van der Waals surface area contributed by atoms with E-state index >= 15 is 0 Å². The molecule has 0 spiro atoms. The van der Waals surface area contributed by atoms with Crippen molar-refractivity contribution in [3.63, 3.8) is 0 Å². The number of carbonyl (C=O) groups excluding carboxylic acids is 4. The average molecular weight is 467 g/mol. The number of esters is 1. The molecule has 168 valence electrons. The van der Waals surface area contributed by atoms with Gasteiger partial charge in [-0.3, -0.25) is 29.3 Å². The second-order valence-electron chi connectivity index (χ2n) is 7.21. The van der Waals surface area contributed by atoms with E-state index in [2.05, 4.69) is 4.98 Å². The fourth-order valence-electron chi connectivity index (χ4n) is 3.41. The van der Waals surface area contributed by atoms with Crippen LogP contribution in [0.1, 0.15) is 16.8 Å². The summed E-state index contributed by atoms with van der Waals surface area (Å²) in [5.74, 6) is -2.33. The molecule has 1 unspecified atom stereocenters. The summed E-state index contributed by atoms with van der Waals surface area (Å²) in [4.78, 5) is 63.7. The molecule has 4 rings (SSSR count). The smallest absolute Gasteiger partial charge is 0.316 e. The highest BCUT2D eigenvalue weighted by Gasteiger charge is 2.40. The van der Waals surface area contributed by atoms with Crippen LogP contribution in [0.3, 0.4) is 0 Å². The molecule has 10 nitrogen and oxygen atoms in total. The topological polar surface area (TPSA) is 140 Å². The van der Waals surface area contributed by atoms with Gasteiger partial charge in [-0.2, -0.15) is 0 Å². The number of ether oxygens (including phenoxy) is 1. The standard InChI is InChI=1S/C22H17N3O7S/c26-18(14-2-1-3-16(8-14)25(30)31)11-32-21(28)12-33-19-10-20(27)24(22(19)29)15-5-4-13-6-7-23-17(13)9-15/h1-9,19,23H,10-12H2. The Morgan fingerprint density at radius 1 is 1.18 bits per heavy atom. The highest BCUT2D eigenvalue weighted by Crippen LogP contribution is 2.31. The molecule has 1 atom stereocenters. The maximum absolute atomic E-state index is 12.8. The number of fused-ring (bicyclic) bond motifs is 1. The number of hydrogen-bond acceptors (Lipinski definition) is 8. The van der Waals surface area contributed by atoms with E-state index in [1.807, 2.05) is 6.07 Å². The fourth-order valence-corrected chi connectivity index (χ4v) is 4.34. The van der Waals surface area contributed by atoms with Crippen molar-refractivity contribution in [2.45, 2.75) is 11.7 Å². The molecule has 2 heterocycles. The molecule has 1 fully saturated rings. The quantitative estimate of drug-likeness (QED) is 0.175. The number of anilines is 1. The minimum Gasteiger partial charge on any atom is -0.457 e. The van der Waals surface area contributed by atoms with Crippen LogP contribution in [0.4, 0.5) is 11.4 Å². The van der Waals surface area contributed by atoms with E-state index in [0.717, 1.165) is 33.6 Å². The molecule has 1 aliphatic rings. The molecule has 1 aliphatic heterocycles. The van der Waals surface area contributed by atoms with Gasteiger partial charge in [0.05, 0.1) is 21.6 Å². The van der Waals surface area contributed by atoms with Crippen LogP contribution in [-0.4, -0.2) is 51.1 Å². The number of Topliss-reactive ketones (excluding diaryl/α,β-unsaturated/α-hetero) is 1. The summed E-state index contributed by atoms with van der Waals surface area (Å²) in [6.45, 7) is -0.583. The molecular formula is C22H17N3O7S. The van der Waals surface area contributed by atoms with Gasteiger partial charge < -0.3 is 9.72 Å². The normalized spacial score (nSPS) is 15.8. The molecule has 1 aromatic heterocycles. The lowest BCUT2D eigenvalue weighted by atomic mass is 10.1. The zero-order valence-corrected chi connectivity index (χ0v) is 17.9. The van der Waals surface area contributed by atoms with Crippen molar-refractivity contribution in [2.75, 3.05) is 17.3 Å². The molecule has 3 aromatic rings. The number of aromatic amines is 1. The number of hydrogen-bond donors (Lipinski definition) is 1. The second-order valence-corrected chi connectivity index (χ2v) is 8.40. The number of imide groups is 1. The third kappa shape index (κ3) is 4.77. The van der Waals surface area contributed by atoms with E-state index < -0.39 is 34.4 Å². The number of aromatic nitrogens is 1. The van der Waals surface area contributed by atoms with Crippen LogP contribution in [0.2, 0.25) is 0 Å². The predicted molar refractivity (Wildman–Crippen MR) is 120 cm³/mol. The lowest BCUT2D eigenvalue weighted by Crippen LogP contribution is -2.31.